The molecular formula is C9H7NO2S. The number of carboxylic acids is 1. The second-order valence-electron chi connectivity index (χ2n) is 2.62. The average Bonchev–Trinajstić information content (AvgIpc) is 2.01. The van der Waals surface area contributed by atoms with E-state index >= 15 is 0 Å². The number of benzene rings is 1. The fraction of sp³-hybridized carbons (Fsp3) is 0.111. The first-order valence-corrected chi connectivity index (χ1v) is 3.98. The average molecular weight is 193 g/mol. The summed E-state index contributed by atoms with van der Waals surface area (Å²) < 4.78 is 0. The van der Waals surface area contributed by atoms with Crippen molar-refractivity contribution in [2.75, 3.05) is 0 Å². The minimum atomic E-state index is -1.12. The van der Waals surface area contributed by atoms with Gasteiger partial charge in [-0.2, -0.15) is 5.26 Å². The number of nitrogens with zero attached hydrogens (tertiary/aromatic N) is 1. The predicted octanol–water partition coefficient (Wildman–Crippen LogP) is 1.85. The highest BCUT2D eigenvalue weighted by molar-refractivity contribution is 7.80. The van der Waals surface area contributed by atoms with E-state index in [2.05, 4.69) is 12.6 Å². The van der Waals surface area contributed by atoms with Crippen molar-refractivity contribution >= 4 is 18.6 Å². The summed E-state index contributed by atoms with van der Waals surface area (Å²) in [6, 6.07) is 4.98. The molecule has 0 aromatic heterocycles. The Morgan fingerprint density at radius 1 is 1.62 bits per heavy atom. The zero-order valence-electron chi connectivity index (χ0n) is 6.90. The van der Waals surface area contributed by atoms with Gasteiger partial charge in [-0.05, 0) is 24.6 Å². The maximum atomic E-state index is 10.7. The summed E-state index contributed by atoms with van der Waals surface area (Å²) in [5, 5.41) is 17.4. The van der Waals surface area contributed by atoms with E-state index in [0.717, 1.165) is 5.56 Å². The van der Waals surface area contributed by atoms with Crippen LogP contribution < -0.4 is 0 Å². The van der Waals surface area contributed by atoms with Crippen LogP contribution in [0.15, 0.2) is 17.0 Å². The number of aromatic carboxylic acids is 1. The van der Waals surface area contributed by atoms with Crippen LogP contribution in [0.5, 0.6) is 0 Å². The van der Waals surface area contributed by atoms with E-state index in [1.54, 1.807) is 13.0 Å². The molecule has 0 fully saturated rings. The molecule has 13 heavy (non-hydrogen) atoms. The quantitative estimate of drug-likeness (QED) is 0.669. The zero-order valence-corrected chi connectivity index (χ0v) is 7.80. The van der Waals surface area contributed by atoms with Gasteiger partial charge in [-0.1, -0.05) is 0 Å². The summed E-state index contributed by atoms with van der Waals surface area (Å²) in [5.74, 6) is -1.12. The Morgan fingerprint density at radius 3 is 2.69 bits per heavy atom. The third-order valence-corrected chi connectivity index (χ3v) is 1.95. The molecule has 0 saturated carbocycles. The van der Waals surface area contributed by atoms with Gasteiger partial charge in [-0.25, -0.2) is 4.79 Å². The number of hydrogen-bond donors (Lipinski definition) is 2. The number of thiol groups is 1. The minimum Gasteiger partial charge on any atom is -0.478 e. The fourth-order valence-corrected chi connectivity index (χ4v) is 1.50. The number of hydrogen-bond acceptors (Lipinski definition) is 3. The summed E-state index contributed by atoms with van der Waals surface area (Å²) in [5.41, 5.74) is 0.945. The number of aryl methyl sites for hydroxylation is 1. The molecule has 4 heteroatoms. The van der Waals surface area contributed by atoms with E-state index in [4.69, 9.17) is 10.4 Å². The highest BCUT2D eigenvalue weighted by Gasteiger charge is 2.13. The molecule has 1 aromatic rings. The predicted molar refractivity (Wildman–Crippen MR) is 50.1 cm³/mol. The lowest BCUT2D eigenvalue weighted by Crippen LogP contribution is -2.02. The highest BCUT2D eigenvalue weighted by atomic mass is 32.1. The smallest absolute Gasteiger partial charge is 0.338 e. The van der Waals surface area contributed by atoms with Gasteiger partial charge in [-0.3, -0.25) is 0 Å². The van der Waals surface area contributed by atoms with Crippen LogP contribution in [0.25, 0.3) is 0 Å². The Morgan fingerprint density at radius 2 is 2.23 bits per heavy atom. The Balaban J connectivity index is 3.50. The van der Waals surface area contributed by atoms with Gasteiger partial charge in [0.05, 0.1) is 11.1 Å². The van der Waals surface area contributed by atoms with Gasteiger partial charge < -0.3 is 5.11 Å². The lowest BCUT2D eigenvalue weighted by molar-refractivity contribution is 0.0693. The van der Waals surface area contributed by atoms with Gasteiger partial charge in [0.25, 0.3) is 0 Å². The first-order chi connectivity index (χ1) is 6.06. The number of carbonyl (C=O) groups is 1. The van der Waals surface area contributed by atoms with Gasteiger partial charge in [0, 0.05) is 4.90 Å². The van der Waals surface area contributed by atoms with Crippen molar-refractivity contribution in [2.45, 2.75) is 11.8 Å². The van der Waals surface area contributed by atoms with Gasteiger partial charge in [0.15, 0.2) is 0 Å². The third-order valence-electron chi connectivity index (χ3n) is 1.60. The highest BCUT2D eigenvalue weighted by Crippen LogP contribution is 2.20. The largest absolute Gasteiger partial charge is 0.478 e. The van der Waals surface area contributed by atoms with E-state index in [-0.39, 0.29) is 11.1 Å². The summed E-state index contributed by atoms with van der Waals surface area (Å²) in [4.78, 5) is 11.0. The first kappa shape index (κ1) is 9.62. The molecule has 0 unspecified atom stereocenters. The molecule has 0 aliphatic rings. The molecule has 0 saturated heterocycles. The topological polar surface area (TPSA) is 61.1 Å². The van der Waals surface area contributed by atoms with Crippen molar-refractivity contribution in [3.63, 3.8) is 0 Å². The molecule has 0 heterocycles. The normalized spacial score (nSPS) is 9.31. The van der Waals surface area contributed by atoms with Crippen molar-refractivity contribution in [2.24, 2.45) is 0 Å². The second kappa shape index (κ2) is 3.50. The summed E-state index contributed by atoms with van der Waals surface area (Å²) >= 11 is 4.00. The second-order valence-corrected chi connectivity index (χ2v) is 3.11. The van der Waals surface area contributed by atoms with Crippen molar-refractivity contribution in [3.8, 4) is 6.07 Å². The SMILES string of the molecule is Cc1cc(S)c(C(=O)O)c(C#N)c1. The number of nitriles is 1. The standard InChI is InChI=1S/C9H7NO2S/c1-5-2-6(4-10)8(9(11)12)7(13)3-5/h2-3,13H,1H3,(H,11,12). The van der Waals surface area contributed by atoms with E-state index < -0.39 is 5.97 Å². The van der Waals surface area contributed by atoms with Crippen molar-refractivity contribution in [1.82, 2.24) is 0 Å². The first-order valence-electron chi connectivity index (χ1n) is 3.53. The molecule has 0 amide bonds. The van der Waals surface area contributed by atoms with E-state index in [1.807, 2.05) is 6.07 Å². The van der Waals surface area contributed by atoms with Crippen LogP contribution in [-0.4, -0.2) is 11.1 Å². The van der Waals surface area contributed by atoms with Gasteiger partial charge in [0.2, 0.25) is 0 Å². The fourth-order valence-electron chi connectivity index (χ4n) is 1.08. The lowest BCUT2D eigenvalue weighted by atomic mass is 10.1. The Labute approximate surface area is 81.0 Å². The molecule has 1 rings (SSSR count). The minimum absolute atomic E-state index is 0.0311. The molecule has 3 nitrogen and oxygen atoms in total. The van der Waals surface area contributed by atoms with Crippen LogP contribution in [0.1, 0.15) is 21.5 Å². The molecular weight excluding hydrogens is 186 g/mol. The Hall–Kier alpha value is -1.47. The van der Waals surface area contributed by atoms with Gasteiger partial charge in [0.1, 0.15) is 6.07 Å². The van der Waals surface area contributed by atoms with Crippen LogP contribution in [0.2, 0.25) is 0 Å². The van der Waals surface area contributed by atoms with Crippen molar-refractivity contribution in [3.05, 3.63) is 28.8 Å². The third kappa shape index (κ3) is 1.82. The molecule has 0 aliphatic heterocycles. The van der Waals surface area contributed by atoms with Crippen LogP contribution in [-0.2, 0) is 0 Å². The zero-order chi connectivity index (χ0) is 10.0. The molecule has 0 radical (unpaired) electrons. The molecule has 0 bridgehead atoms. The van der Waals surface area contributed by atoms with Gasteiger partial charge in [-0.15, -0.1) is 12.6 Å². The summed E-state index contributed by atoms with van der Waals surface area (Å²) in [6.45, 7) is 1.78. The van der Waals surface area contributed by atoms with E-state index in [1.165, 1.54) is 6.07 Å². The molecule has 66 valence electrons. The van der Waals surface area contributed by atoms with Crippen molar-refractivity contribution < 1.29 is 9.90 Å². The lowest BCUT2D eigenvalue weighted by Gasteiger charge is -2.03. The van der Waals surface area contributed by atoms with E-state index in [0.29, 0.717) is 4.90 Å². The van der Waals surface area contributed by atoms with Crippen LogP contribution >= 0.6 is 12.6 Å². The van der Waals surface area contributed by atoms with Gasteiger partial charge >= 0.3 is 5.97 Å². The van der Waals surface area contributed by atoms with E-state index in [9.17, 15) is 4.79 Å². The summed E-state index contributed by atoms with van der Waals surface area (Å²) in [7, 11) is 0. The molecule has 0 aliphatic carbocycles. The molecule has 0 atom stereocenters. The number of carboxylic acid groups (broad SMARTS) is 1. The Kier molecular flexibility index (Phi) is 2.59. The summed E-state index contributed by atoms with van der Waals surface area (Å²) in [6.07, 6.45) is 0. The van der Waals surface area contributed by atoms with Crippen molar-refractivity contribution in [1.29, 1.82) is 5.26 Å². The number of rotatable bonds is 1. The Bertz CT molecular complexity index is 407. The molecule has 1 aromatic carbocycles. The van der Waals surface area contributed by atoms with Crippen LogP contribution in [0, 0.1) is 18.3 Å². The van der Waals surface area contributed by atoms with Crippen LogP contribution in [0.3, 0.4) is 0 Å². The monoisotopic (exact) mass is 193 g/mol. The maximum absolute atomic E-state index is 10.7. The molecule has 0 spiro atoms. The maximum Gasteiger partial charge on any atom is 0.338 e. The van der Waals surface area contributed by atoms with Crippen LogP contribution in [0.4, 0.5) is 0 Å². The molecule has 1 N–H and O–H groups in total.